The number of rotatable bonds is 9. The standard InChI is InChI=1S/C18H17NO6/c20-17(18(21)22)16(19(23)24)15-9-5-4-8-14(15)10-11-25-12-13-6-2-1-3-7-13/h1-9,16H,10-12H2,(H,21,22). The molecule has 0 saturated heterocycles. The Morgan fingerprint density at radius 1 is 1.08 bits per heavy atom. The van der Waals surface area contributed by atoms with E-state index in [0.717, 1.165) is 5.56 Å². The molecule has 0 amide bonds. The number of carbonyl (C=O) groups excluding carboxylic acids is 1. The molecule has 0 aromatic heterocycles. The lowest BCUT2D eigenvalue weighted by Crippen LogP contribution is -2.28. The van der Waals surface area contributed by atoms with Crippen molar-refractivity contribution in [1.29, 1.82) is 0 Å². The van der Waals surface area contributed by atoms with E-state index in [0.29, 0.717) is 18.6 Å². The van der Waals surface area contributed by atoms with Crippen LogP contribution in [0.1, 0.15) is 22.7 Å². The minimum absolute atomic E-state index is 0.0863. The van der Waals surface area contributed by atoms with Gasteiger partial charge in [-0.05, 0) is 17.5 Å². The van der Waals surface area contributed by atoms with Crippen molar-refractivity contribution in [2.24, 2.45) is 0 Å². The number of Topliss-reactive ketones (excluding diaryl/α,β-unsaturated/α-hetero) is 1. The quantitative estimate of drug-likeness (QED) is 0.324. The minimum atomic E-state index is -1.91. The van der Waals surface area contributed by atoms with E-state index in [4.69, 9.17) is 9.84 Å². The molecule has 2 aromatic carbocycles. The third-order valence-corrected chi connectivity index (χ3v) is 3.65. The number of nitro groups is 1. The van der Waals surface area contributed by atoms with E-state index < -0.39 is 22.7 Å². The van der Waals surface area contributed by atoms with Gasteiger partial charge in [-0.25, -0.2) is 4.79 Å². The summed E-state index contributed by atoms with van der Waals surface area (Å²) in [6, 6.07) is 13.9. The van der Waals surface area contributed by atoms with Gasteiger partial charge in [-0.2, -0.15) is 0 Å². The largest absolute Gasteiger partial charge is 0.475 e. The Hall–Kier alpha value is -3.06. The van der Waals surface area contributed by atoms with Gasteiger partial charge in [-0.15, -0.1) is 0 Å². The van der Waals surface area contributed by atoms with Crippen LogP contribution in [0.2, 0.25) is 0 Å². The Labute approximate surface area is 144 Å². The highest BCUT2D eigenvalue weighted by Crippen LogP contribution is 2.23. The number of carboxylic acids is 1. The number of benzene rings is 2. The molecule has 7 heteroatoms. The Balaban J connectivity index is 2.07. The summed E-state index contributed by atoms with van der Waals surface area (Å²) in [7, 11) is 0. The summed E-state index contributed by atoms with van der Waals surface area (Å²) in [5.74, 6) is -3.28. The second-order valence-electron chi connectivity index (χ2n) is 5.34. The van der Waals surface area contributed by atoms with Crippen LogP contribution in [-0.4, -0.2) is 28.4 Å². The van der Waals surface area contributed by atoms with Gasteiger partial charge in [-0.3, -0.25) is 14.9 Å². The van der Waals surface area contributed by atoms with E-state index in [1.54, 1.807) is 12.1 Å². The molecule has 0 bridgehead atoms. The molecule has 1 atom stereocenters. The molecule has 1 unspecified atom stereocenters. The molecule has 0 heterocycles. The summed E-state index contributed by atoms with van der Waals surface area (Å²) in [6.45, 7) is 0.688. The second-order valence-corrected chi connectivity index (χ2v) is 5.34. The van der Waals surface area contributed by atoms with Gasteiger partial charge >= 0.3 is 17.8 Å². The van der Waals surface area contributed by atoms with Crippen LogP contribution in [0.5, 0.6) is 0 Å². The first kappa shape index (κ1) is 18.3. The maximum atomic E-state index is 11.7. The second kappa shape index (κ2) is 8.70. The van der Waals surface area contributed by atoms with Gasteiger partial charge in [0.1, 0.15) is 0 Å². The molecule has 0 radical (unpaired) electrons. The molecule has 2 aromatic rings. The normalized spacial score (nSPS) is 11.7. The SMILES string of the molecule is O=C(O)C(=O)C(c1ccccc1CCOCc1ccccc1)[N+](=O)[O-]. The van der Waals surface area contributed by atoms with Crippen molar-refractivity contribution in [2.45, 2.75) is 19.1 Å². The van der Waals surface area contributed by atoms with Crippen LogP contribution >= 0.6 is 0 Å². The number of ether oxygens (including phenoxy) is 1. The highest BCUT2D eigenvalue weighted by Gasteiger charge is 2.38. The topological polar surface area (TPSA) is 107 Å². The summed E-state index contributed by atoms with van der Waals surface area (Å²) in [6.07, 6.45) is 0.334. The Bertz CT molecular complexity index is 759. The van der Waals surface area contributed by atoms with Crippen molar-refractivity contribution in [3.05, 3.63) is 81.4 Å². The fourth-order valence-electron chi connectivity index (χ4n) is 2.44. The van der Waals surface area contributed by atoms with Crippen molar-refractivity contribution in [1.82, 2.24) is 0 Å². The van der Waals surface area contributed by atoms with E-state index in [9.17, 15) is 19.7 Å². The predicted molar refractivity (Wildman–Crippen MR) is 88.6 cm³/mol. The van der Waals surface area contributed by atoms with Crippen molar-refractivity contribution in [3.8, 4) is 0 Å². The summed E-state index contributed by atoms with van der Waals surface area (Å²) in [5.41, 5.74) is 1.61. The van der Waals surface area contributed by atoms with E-state index in [2.05, 4.69) is 0 Å². The van der Waals surface area contributed by atoms with Gasteiger partial charge in [0, 0.05) is 10.5 Å². The average Bonchev–Trinajstić information content (AvgIpc) is 2.60. The fourth-order valence-corrected chi connectivity index (χ4v) is 2.44. The highest BCUT2D eigenvalue weighted by atomic mass is 16.6. The number of carbonyl (C=O) groups is 2. The fraction of sp³-hybridized carbons (Fsp3) is 0.222. The van der Waals surface area contributed by atoms with Gasteiger partial charge < -0.3 is 9.84 Å². The Kier molecular flexibility index (Phi) is 6.36. The molecule has 0 fully saturated rings. The summed E-state index contributed by atoms with van der Waals surface area (Å²) in [5, 5.41) is 20.0. The molecule has 1 N–H and O–H groups in total. The first-order chi connectivity index (χ1) is 12.0. The van der Waals surface area contributed by atoms with E-state index in [1.165, 1.54) is 12.1 Å². The number of ketones is 1. The molecule has 0 aliphatic rings. The van der Waals surface area contributed by atoms with Gasteiger partial charge in [0.25, 0.3) is 0 Å². The number of carboxylic acid groups (broad SMARTS) is 1. The van der Waals surface area contributed by atoms with E-state index in [1.807, 2.05) is 30.3 Å². The molecule has 25 heavy (non-hydrogen) atoms. The van der Waals surface area contributed by atoms with Crippen molar-refractivity contribution in [2.75, 3.05) is 6.61 Å². The van der Waals surface area contributed by atoms with Crippen LogP contribution in [0.3, 0.4) is 0 Å². The highest BCUT2D eigenvalue weighted by molar-refractivity contribution is 6.34. The van der Waals surface area contributed by atoms with Gasteiger partial charge in [0.2, 0.25) is 0 Å². The van der Waals surface area contributed by atoms with E-state index in [-0.39, 0.29) is 12.2 Å². The van der Waals surface area contributed by atoms with Gasteiger partial charge in [0.05, 0.1) is 13.2 Å². The number of aliphatic carboxylic acids is 1. The zero-order valence-electron chi connectivity index (χ0n) is 13.3. The zero-order valence-corrected chi connectivity index (χ0v) is 13.3. The lowest BCUT2D eigenvalue weighted by Gasteiger charge is -2.12. The van der Waals surface area contributed by atoms with Crippen LogP contribution in [0, 0.1) is 10.1 Å². The van der Waals surface area contributed by atoms with Crippen LogP contribution < -0.4 is 0 Å². The van der Waals surface area contributed by atoms with Gasteiger partial charge in [0.15, 0.2) is 0 Å². The molecule has 2 rings (SSSR count). The van der Waals surface area contributed by atoms with Crippen LogP contribution in [-0.2, 0) is 27.4 Å². The molecule has 0 saturated carbocycles. The van der Waals surface area contributed by atoms with Crippen LogP contribution in [0.25, 0.3) is 0 Å². The number of nitrogens with zero attached hydrogens (tertiary/aromatic N) is 1. The molecule has 0 aliphatic heterocycles. The number of hydrogen-bond acceptors (Lipinski definition) is 5. The minimum Gasteiger partial charge on any atom is -0.475 e. The van der Waals surface area contributed by atoms with Crippen molar-refractivity contribution < 1.29 is 24.4 Å². The molecule has 7 nitrogen and oxygen atoms in total. The summed E-state index contributed by atoms with van der Waals surface area (Å²) in [4.78, 5) is 32.9. The predicted octanol–water partition coefficient (Wildman–Crippen LogP) is 2.42. The molecule has 130 valence electrons. The summed E-state index contributed by atoms with van der Waals surface area (Å²) >= 11 is 0. The van der Waals surface area contributed by atoms with Crippen LogP contribution in [0.15, 0.2) is 54.6 Å². The molecular weight excluding hydrogens is 326 g/mol. The third-order valence-electron chi connectivity index (χ3n) is 3.65. The van der Waals surface area contributed by atoms with Crippen molar-refractivity contribution >= 4 is 11.8 Å². The first-order valence-electron chi connectivity index (χ1n) is 7.61. The maximum Gasteiger partial charge on any atom is 0.380 e. The molecule has 0 spiro atoms. The average molecular weight is 343 g/mol. The molecule has 0 aliphatic carbocycles. The van der Waals surface area contributed by atoms with Gasteiger partial charge in [-0.1, -0.05) is 54.6 Å². The smallest absolute Gasteiger partial charge is 0.380 e. The van der Waals surface area contributed by atoms with E-state index >= 15 is 0 Å². The third kappa shape index (κ3) is 4.95. The Morgan fingerprint density at radius 3 is 2.36 bits per heavy atom. The summed E-state index contributed by atoms with van der Waals surface area (Å²) < 4.78 is 5.56. The lowest BCUT2D eigenvalue weighted by atomic mass is 9.96. The zero-order chi connectivity index (χ0) is 18.2. The Morgan fingerprint density at radius 2 is 1.72 bits per heavy atom. The monoisotopic (exact) mass is 343 g/mol. The van der Waals surface area contributed by atoms with Crippen molar-refractivity contribution in [3.63, 3.8) is 0 Å². The first-order valence-corrected chi connectivity index (χ1v) is 7.61. The maximum absolute atomic E-state index is 11.7. The lowest BCUT2D eigenvalue weighted by molar-refractivity contribution is -0.512. The van der Waals surface area contributed by atoms with Crippen LogP contribution in [0.4, 0.5) is 0 Å². The number of hydrogen-bond donors (Lipinski definition) is 1. The molecular formula is C18H17NO6.